The Kier molecular flexibility index (Phi) is 6.01. The van der Waals surface area contributed by atoms with Gasteiger partial charge in [0.2, 0.25) is 0 Å². The van der Waals surface area contributed by atoms with Crippen molar-refractivity contribution in [3.05, 3.63) is 30.3 Å². The second-order valence-corrected chi connectivity index (χ2v) is 9.77. The van der Waals surface area contributed by atoms with Gasteiger partial charge >= 0.3 is 0 Å². The van der Waals surface area contributed by atoms with Gasteiger partial charge in [0.15, 0.2) is 0 Å². The Bertz CT molecular complexity index is 474. The van der Waals surface area contributed by atoms with Gasteiger partial charge in [-0.15, -0.1) is 0 Å². The highest BCUT2D eigenvalue weighted by Crippen LogP contribution is 2.39. The lowest BCUT2D eigenvalue weighted by Gasteiger charge is -2.24. The molecule has 1 rings (SSSR count). The second kappa shape index (κ2) is 7.08. The molecule has 0 aliphatic carbocycles. The Morgan fingerprint density at radius 1 is 1.20 bits per heavy atom. The summed E-state index contributed by atoms with van der Waals surface area (Å²) in [5.74, 6) is 0.939. The van der Waals surface area contributed by atoms with Crippen LogP contribution in [0.2, 0.25) is 0 Å². The minimum absolute atomic E-state index is 0.0885. The summed E-state index contributed by atoms with van der Waals surface area (Å²) in [6.45, 7) is 7.77. The second-order valence-electron chi connectivity index (χ2n) is 6.30. The predicted octanol–water partition coefficient (Wildman–Crippen LogP) is 4.06. The van der Waals surface area contributed by atoms with Gasteiger partial charge in [-0.2, -0.15) is 0 Å². The lowest BCUT2D eigenvalue weighted by atomic mass is 9.84. The van der Waals surface area contributed by atoms with E-state index in [1.54, 1.807) is 13.3 Å². The first-order chi connectivity index (χ1) is 9.21. The number of rotatable bonds is 8. The Morgan fingerprint density at radius 3 is 2.35 bits per heavy atom. The first kappa shape index (κ1) is 17.0. The third-order valence-corrected chi connectivity index (χ3v) is 4.29. The van der Waals surface area contributed by atoms with Crippen molar-refractivity contribution in [3.63, 3.8) is 0 Å². The van der Waals surface area contributed by atoms with Crippen molar-refractivity contribution in [3.8, 4) is 5.75 Å². The monoisotopic (exact) mass is 296 g/mol. The van der Waals surface area contributed by atoms with Gasteiger partial charge < -0.3 is 9.30 Å². The molecule has 0 aromatic heterocycles. The Hall–Kier alpha value is -1.08. The molecule has 0 fully saturated rings. The summed E-state index contributed by atoms with van der Waals surface area (Å²) in [4.78, 5) is 12.1. The van der Waals surface area contributed by atoms with Gasteiger partial charge in [0.25, 0.3) is 0 Å². The highest BCUT2D eigenvalue weighted by molar-refractivity contribution is 7.63. The van der Waals surface area contributed by atoms with E-state index in [2.05, 4.69) is 0 Å². The largest absolute Gasteiger partial charge is 0.494 e. The molecule has 0 radical (unpaired) electrons. The van der Waals surface area contributed by atoms with Crippen LogP contribution in [-0.2, 0) is 9.36 Å². The Balaban J connectivity index is 2.36. The Labute approximate surface area is 122 Å². The van der Waals surface area contributed by atoms with Gasteiger partial charge in [-0.25, -0.2) is 0 Å². The molecule has 0 aliphatic heterocycles. The molecule has 112 valence electrons. The fourth-order valence-electron chi connectivity index (χ4n) is 1.92. The summed E-state index contributed by atoms with van der Waals surface area (Å²) in [6, 6.07) is 9.65. The first-order valence-corrected chi connectivity index (χ1v) is 9.74. The van der Waals surface area contributed by atoms with Crippen LogP contribution in [0.3, 0.4) is 0 Å². The van der Waals surface area contributed by atoms with Crippen LogP contribution in [0.15, 0.2) is 30.3 Å². The van der Waals surface area contributed by atoms with Crippen LogP contribution in [0.1, 0.15) is 26.7 Å². The quantitative estimate of drug-likeness (QED) is 0.536. The van der Waals surface area contributed by atoms with E-state index in [1.165, 1.54) is 0 Å². The lowest BCUT2D eigenvalue weighted by molar-refractivity contribution is -0.124. The van der Waals surface area contributed by atoms with Crippen molar-refractivity contribution in [1.29, 1.82) is 0 Å². The molecule has 1 aromatic carbocycles. The van der Waals surface area contributed by atoms with Crippen molar-refractivity contribution in [1.82, 2.24) is 0 Å². The molecule has 1 aromatic rings. The number of hydrogen-bond acceptors (Lipinski definition) is 3. The van der Waals surface area contributed by atoms with E-state index in [4.69, 9.17) is 4.74 Å². The van der Waals surface area contributed by atoms with Gasteiger partial charge in [0.1, 0.15) is 11.5 Å². The minimum Gasteiger partial charge on any atom is -0.494 e. The number of para-hydroxylation sites is 1. The number of benzene rings is 1. The van der Waals surface area contributed by atoms with E-state index in [9.17, 15) is 9.36 Å². The summed E-state index contributed by atoms with van der Waals surface area (Å²) < 4.78 is 17.4. The first-order valence-electron chi connectivity index (χ1n) is 6.96. The highest BCUT2D eigenvalue weighted by Gasteiger charge is 2.29. The minimum atomic E-state index is -2.29. The van der Waals surface area contributed by atoms with Gasteiger partial charge in [0, 0.05) is 5.41 Å². The lowest BCUT2D eigenvalue weighted by Crippen LogP contribution is -2.27. The van der Waals surface area contributed by atoms with E-state index >= 15 is 0 Å². The van der Waals surface area contributed by atoms with Crippen molar-refractivity contribution in [2.45, 2.75) is 26.7 Å². The number of ether oxygens (including phenoxy) is 1. The van der Waals surface area contributed by atoms with E-state index < -0.39 is 12.6 Å². The molecule has 0 N–H and O–H groups in total. The van der Waals surface area contributed by atoms with Gasteiger partial charge in [-0.05, 0) is 38.3 Å². The average Bonchev–Trinajstić information content (AvgIpc) is 2.34. The molecule has 0 spiro atoms. The van der Waals surface area contributed by atoms with Crippen LogP contribution in [0.5, 0.6) is 5.75 Å². The standard InChI is InChI=1S/C16H25O3P/c1-16(2,15(17)13-20(3,4)18)11-8-12-19-14-9-6-5-7-10-14/h5-7,9-10H,8,11-13H2,1-4H3. The molecule has 0 saturated heterocycles. The molecule has 20 heavy (non-hydrogen) atoms. The zero-order chi connectivity index (χ0) is 15.2. The average molecular weight is 296 g/mol. The van der Waals surface area contributed by atoms with Crippen molar-refractivity contribution in [2.24, 2.45) is 5.41 Å². The Morgan fingerprint density at radius 2 is 1.80 bits per heavy atom. The summed E-state index contributed by atoms with van der Waals surface area (Å²) in [7, 11) is -2.29. The van der Waals surface area contributed by atoms with E-state index in [-0.39, 0.29) is 11.9 Å². The topological polar surface area (TPSA) is 43.4 Å². The van der Waals surface area contributed by atoms with Crippen LogP contribution in [0.25, 0.3) is 0 Å². The maximum absolute atomic E-state index is 12.1. The fourth-order valence-corrected chi connectivity index (χ4v) is 3.04. The highest BCUT2D eigenvalue weighted by atomic mass is 31.2. The molecule has 0 atom stereocenters. The summed E-state index contributed by atoms with van der Waals surface area (Å²) in [5.41, 5.74) is -0.429. The SMILES string of the molecule is CC(C)(CCCOc1ccccc1)C(=O)CP(C)(C)=O. The molecule has 0 saturated carbocycles. The predicted molar refractivity (Wildman–Crippen MR) is 84.3 cm³/mol. The molecule has 0 aliphatic rings. The van der Waals surface area contributed by atoms with Crippen LogP contribution in [0, 0.1) is 5.41 Å². The molecular weight excluding hydrogens is 271 g/mol. The number of hydrogen-bond donors (Lipinski definition) is 0. The van der Waals surface area contributed by atoms with Crippen LogP contribution < -0.4 is 4.74 Å². The zero-order valence-electron chi connectivity index (χ0n) is 12.9. The molecule has 0 heterocycles. The molecule has 0 unspecified atom stereocenters. The van der Waals surface area contributed by atoms with Crippen molar-refractivity contribution < 1.29 is 14.1 Å². The molecule has 3 nitrogen and oxygen atoms in total. The zero-order valence-corrected chi connectivity index (χ0v) is 13.8. The smallest absolute Gasteiger partial charge is 0.145 e. The van der Waals surface area contributed by atoms with Crippen LogP contribution >= 0.6 is 7.14 Å². The molecule has 4 heteroatoms. The molecular formula is C16H25O3P. The molecule has 0 amide bonds. The number of carbonyl (C=O) groups excluding carboxylic acids is 1. The van der Waals surface area contributed by atoms with Crippen LogP contribution in [0.4, 0.5) is 0 Å². The van der Waals surface area contributed by atoms with Gasteiger partial charge in [0.05, 0.1) is 19.9 Å². The van der Waals surface area contributed by atoms with E-state index in [0.29, 0.717) is 6.61 Å². The summed E-state index contributed by atoms with van der Waals surface area (Å²) in [6.07, 6.45) is 1.75. The third kappa shape index (κ3) is 6.38. The van der Waals surface area contributed by atoms with Crippen LogP contribution in [-0.4, -0.2) is 31.9 Å². The van der Waals surface area contributed by atoms with Gasteiger partial charge in [-0.1, -0.05) is 32.0 Å². The number of ketones is 1. The normalized spacial score (nSPS) is 12.2. The van der Waals surface area contributed by atoms with E-state index in [0.717, 1.165) is 18.6 Å². The third-order valence-electron chi connectivity index (χ3n) is 3.24. The van der Waals surface area contributed by atoms with Gasteiger partial charge in [-0.3, -0.25) is 4.79 Å². The van der Waals surface area contributed by atoms with E-state index in [1.807, 2.05) is 44.2 Å². The summed E-state index contributed by atoms with van der Waals surface area (Å²) in [5, 5.41) is 0. The molecule has 0 bridgehead atoms. The van der Waals surface area contributed by atoms with Crippen molar-refractivity contribution in [2.75, 3.05) is 26.1 Å². The number of carbonyl (C=O) groups is 1. The summed E-state index contributed by atoms with van der Waals surface area (Å²) >= 11 is 0. The maximum atomic E-state index is 12.1. The number of Topliss-reactive ketones (excluding diaryl/α,β-unsaturated/α-hetero) is 1. The maximum Gasteiger partial charge on any atom is 0.145 e. The fraction of sp³-hybridized carbons (Fsp3) is 0.562. The van der Waals surface area contributed by atoms with Crippen molar-refractivity contribution >= 4 is 12.9 Å².